The Labute approximate surface area is 152 Å². The third kappa shape index (κ3) is 3.40. The molecule has 0 aliphatic heterocycles. The molecule has 0 atom stereocenters. The van der Waals surface area contributed by atoms with Crippen molar-refractivity contribution in [3.63, 3.8) is 0 Å². The van der Waals surface area contributed by atoms with E-state index in [0.717, 1.165) is 18.7 Å². The Hall–Kier alpha value is -3.27. The smallest absolute Gasteiger partial charge is 0.251 e. The van der Waals surface area contributed by atoms with Crippen molar-refractivity contribution >= 4 is 16.8 Å². The molecule has 4 nitrogen and oxygen atoms in total. The first kappa shape index (κ1) is 16.2. The topological polar surface area (TPSA) is 39.0 Å². The lowest BCUT2D eigenvalue weighted by Gasteiger charge is -2.08. The fourth-order valence-corrected chi connectivity index (χ4v) is 3.18. The molecule has 0 saturated heterocycles. The third-order valence-corrected chi connectivity index (χ3v) is 4.57. The number of hydrogen-bond acceptors (Lipinski definition) is 1. The maximum Gasteiger partial charge on any atom is 0.251 e. The van der Waals surface area contributed by atoms with Gasteiger partial charge < -0.3 is 14.5 Å². The average molecular weight is 343 g/mol. The summed E-state index contributed by atoms with van der Waals surface area (Å²) in [6.45, 7) is 1.55. The zero-order valence-electron chi connectivity index (χ0n) is 14.5. The van der Waals surface area contributed by atoms with Crippen molar-refractivity contribution in [2.45, 2.75) is 13.0 Å². The monoisotopic (exact) mass is 343 g/mol. The van der Waals surface area contributed by atoms with E-state index in [9.17, 15) is 4.79 Å². The van der Waals surface area contributed by atoms with Crippen molar-refractivity contribution in [2.75, 3.05) is 6.54 Å². The van der Waals surface area contributed by atoms with Gasteiger partial charge in [-0.25, -0.2) is 0 Å². The molecular formula is C22H21N3O. The van der Waals surface area contributed by atoms with Crippen molar-refractivity contribution in [1.82, 2.24) is 14.5 Å². The summed E-state index contributed by atoms with van der Waals surface area (Å²) in [5, 5.41) is 4.25. The number of nitrogens with one attached hydrogen (secondary N) is 1. The van der Waals surface area contributed by atoms with Crippen LogP contribution in [0.2, 0.25) is 0 Å². The summed E-state index contributed by atoms with van der Waals surface area (Å²) >= 11 is 0. The van der Waals surface area contributed by atoms with Gasteiger partial charge in [0, 0.05) is 48.4 Å². The molecular weight excluding hydrogens is 322 g/mol. The summed E-state index contributed by atoms with van der Waals surface area (Å²) in [4.78, 5) is 12.3. The summed E-state index contributed by atoms with van der Waals surface area (Å²) in [6.07, 6.45) is 6.97. The van der Waals surface area contributed by atoms with Crippen molar-refractivity contribution in [3.8, 4) is 5.69 Å². The van der Waals surface area contributed by atoms with E-state index in [1.165, 1.54) is 10.9 Å². The number of fused-ring (bicyclic) bond motifs is 1. The molecule has 4 heteroatoms. The minimum absolute atomic E-state index is 0.0265. The van der Waals surface area contributed by atoms with Crippen LogP contribution in [-0.2, 0) is 6.54 Å². The second-order valence-electron chi connectivity index (χ2n) is 6.31. The molecule has 4 rings (SSSR count). The number of hydrogen-bond donors (Lipinski definition) is 1. The van der Waals surface area contributed by atoms with Crippen LogP contribution in [0.1, 0.15) is 16.8 Å². The van der Waals surface area contributed by atoms with Crippen LogP contribution in [0, 0.1) is 0 Å². The number of carbonyl (C=O) groups is 1. The molecule has 0 fully saturated rings. The van der Waals surface area contributed by atoms with E-state index in [2.05, 4.69) is 46.4 Å². The van der Waals surface area contributed by atoms with Crippen LogP contribution in [-0.4, -0.2) is 21.6 Å². The van der Waals surface area contributed by atoms with Crippen molar-refractivity contribution < 1.29 is 4.79 Å². The molecule has 4 aromatic rings. The molecule has 0 radical (unpaired) electrons. The molecule has 1 amide bonds. The fourth-order valence-electron chi connectivity index (χ4n) is 3.18. The number of benzene rings is 2. The maximum absolute atomic E-state index is 12.3. The molecule has 0 aliphatic rings. The van der Waals surface area contributed by atoms with Gasteiger partial charge in [0.1, 0.15) is 0 Å². The van der Waals surface area contributed by atoms with Crippen LogP contribution in [0.25, 0.3) is 16.6 Å². The van der Waals surface area contributed by atoms with E-state index in [-0.39, 0.29) is 5.91 Å². The number of aryl methyl sites for hydroxylation is 1. The number of para-hydroxylation sites is 1. The van der Waals surface area contributed by atoms with Gasteiger partial charge in [-0.3, -0.25) is 4.79 Å². The van der Waals surface area contributed by atoms with E-state index in [0.29, 0.717) is 12.1 Å². The van der Waals surface area contributed by atoms with E-state index >= 15 is 0 Å². The summed E-state index contributed by atoms with van der Waals surface area (Å²) in [5.74, 6) is -0.0265. The SMILES string of the molecule is O=C(NCCCn1ccc2ccccc21)c1ccc(-n2cccc2)cc1. The second kappa shape index (κ2) is 7.31. The zero-order valence-corrected chi connectivity index (χ0v) is 14.5. The normalized spacial score (nSPS) is 10.9. The predicted molar refractivity (Wildman–Crippen MR) is 105 cm³/mol. The van der Waals surface area contributed by atoms with Crippen LogP contribution in [0.15, 0.2) is 85.3 Å². The van der Waals surface area contributed by atoms with E-state index in [1.54, 1.807) is 0 Å². The quantitative estimate of drug-likeness (QED) is 0.522. The van der Waals surface area contributed by atoms with Crippen molar-refractivity contribution in [1.29, 1.82) is 0 Å². The molecule has 0 bridgehead atoms. The number of amides is 1. The number of aromatic nitrogens is 2. The molecule has 2 aromatic heterocycles. The third-order valence-electron chi connectivity index (χ3n) is 4.57. The summed E-state index contributed by atoms with van der Waals surface area (Å²) < 4.78 is 4.25. The van der Waals surface area contributed by atoms with Crippen LogP contribution >= 0.6 is 0 Å². The Morgan fingerprint density at radius 2 is 1.62 bits per heavy atom. The van der Waals surface area contributed by atoms with Gasteiger partial charge in [0.2, 0.25) is 0 Å². The van der Waals surface area contributed by atoms with E-state index < -0.39 is 0 Å². The van der Waals surface area contributed by atoms with Crippen LogP contribution < -0.4 is 5.32 Å². The van der Waals surface area contributed by atoms with Gasteiger partial charge in [-0.1, -0.05) is 18.2 Å². The van der Waals surface area contributed by atoms with E-state index in [1.807, 2.05) is 53.4 Å². The number of rotatable bonds is 6. The minimum atomic E-state index is -0.0265. The maximum atomic E-state index is 12.3. The highest BCUT2D eigenvalue weighted by molar-refractivity contribution is 5.94. The van der Waals surface area contributed by atoms with Gasteiger partial charge in [0.25, 0.3) is 5.91 Å². The first-order valence-electron chi connectivity index (χ1n) is 8.87. The average Bonchev–Trinajstić information content (AvgIpc) is 3.35. The van der Waals surface area contributed by atoms with Gasteiger partial charge in [0.15, 0.2) is 0 Å². The van der Waals surface area contributed by atoms with E-state index in [4.69, 9.17) is 0 Å². The lowest BCUT2D eigenvalue weighted by molar-refractivity contribution is 0.0953. The number of nitrogens with zero attached hydrogens (tertiary/aromatic N) is 2. The molecule has 0 saturated carbocycles. The van der Waals surface area contributed by atoms with Gasteiger partial charge in [0.05, 0.1) is 0 Å². The van der Waals surface area contributed by atoms with Crippen molar-refractivity contribution in [3.05, 3.63) is 90.9 Å². The lowest BCUT2D eigenvalue weighted by atomic mass is 10.2. The Morgan fingerprint density at radius 3 is 2.42 bits per heavy atom. The Morgan fingerprint density at radius 1 is 0.846 bits per heavy atom. The highest BCUT2D eigenvalue weighted by Crippen LogP contribution is 2.15. The van der Waals surface area contributed by atoms with Crippen LogP contribution in [0.3, 0.4) is 0 Å². The highest BCUT2D eigenvalue weighted by atomic mass is 16.1. The predicted octanol–water partition coefficient (Wildman–Crippen LogP) is 4.25. The van der Waals surface area contributed by atoms with Crippen molar-refractivity contribution in [2.24, 2.45) is 0 Å². The Bertz CT molecular complexity index is 997. The lowest BCUT2D eigenvalue weighted by Crippen LogP contribution is -2.25. The molecule has 2 aromatic carbocycles. The molecule has 1 N–H and O–H groups in total. The van der Waals surface area contributed by atoms with Gasteiger partial charge in [-0.05, 0) is 60.3 Å². The van der Waals surface area contributed by atoms with Crippen LogP contribution in [0.5, 0.6) is 0 Å². The second-order valence-corrected chi connectivity index (χ2v) is 6.31. The fraction of sp³-hybridized carbons (Fsp3) is 0.136. The molecule has 130 valence electrons. The zero-order chi connectivity index (χ0) is 17.8. The molecule has 26 heavy (non-hydrogen) atoms. The van der Waals surface area contributed by atoms with Gasteiger partial charge in [-0.15, -0.1) is 0 Å². The standard InChI is InChI=1S/C22H21N3O/c26-22(19-8-10-20(11-9-19)24-14-3-4-15-24)23-13-5-16-25-17-12-18-6-1-2-7-21(18)25/h1-4,6-12,14-15,17H,5,13,16H2,(H,23,26). The molecule has 0 spiro atoms. The first-order valence-corrected chi connectivity index (χ1v) is 8.87. The van der Waals surface area contributed by atoms with Gasteiger partial charge in [-0.2, -0.15) is 0 Å². The van der Waals surface area contributed by atoms with Crippen LogP contribution in [0.4, 0.5) is 0 Å². The van der Waals surface area contributed by atoms with Gasteiger partial charge >= 0.3 is 0 Å². The summed E-state index contributed by atoms with van der Waals surface area (Å²) in [5.41, 5.74) is 2.97. The molecule has 2 heterocycles. The summed E-state index contributed by atoms with van der Waals surface area (Å²) in [6, 6.07) is 22.1. The Balaban J connectivity index is 1.30. The molecule has 0 unspecified atom stereocenters. The minimum Gasteiger partial charge on any atom is -0.352 e. The summed E-state index contributed by atoms with van der Waals surface area (Å²) in [7, 11) is 0. The first-order chi connectivity index (χ1) is 12.8. The highest BCUT2D eigenvalue weighted by Gasteiger charge is 2.05. The Kier molecular flexibility index (Phi) is 4.56. The number of carbonyl (C=O) groups excluding carboxylic acids is 1. The molecule has 0 aliphatic carbocycles. The largest absolute Gasteiger partial charge is 0.352 e.